The van der Waals surface area contributed by atoms with Crippen molar-refractivity contribution in [3.05, 3.63) is 94.5 Å². The Labute approximate surface area is 223 Å². The highest BCUT2D eigenvalue weighted by Crippen LogP contribution is 2.54. The minimum Gasteiger partial charge on any atom is -0.488 e. The summed E-state index contributed by atoms with van der Waals surface area (Å²) in [6.07, 6.45) is 3.30. The van der Waals surface area contributed by atoms with Gasteiger partial charge in [0.25, 0.3) is 0 Å². The zero-order valence-electron chi connectivity index (χ0n) is 23.8. The van der Waals surface area contributed by atoms with E-state index in [9.17, 15) is 4.79 Å². The third-order valence-corrected chi connectivity index (χ3v) is 8.27. The van der Waals surface area contributed by atoms with E-state index < -0.39 is 0 Å². The van der Waals surface area contributed by atoms with Gasteiger partial charge < -0.3 is 9.47 Å². The Morgan fingerprint density at radius 1 is 0.838 bits per heavy atom. The van der Waals surface area contributed by atoms with Crippen LogP contribution in [-0.2, 0) is 5.41 Å². The number of aryl methyl sites for hydroxylation is 2. The average molecular weight is 499 g/mol. The summed E-state index contributed by atoms with van der Waals surface area (Å²) in [6.45, 7) is 17.6. The third-order valence-electron chi connectivity index (χ3n) is 8.27. The molecule has 0 aliphatic heterocycles. The molecule has 3 heteroatoms. The van der Waals surface area contributed by atoms with Gasteiger partial charge in [0.05, 0.1) is 5.56 Å². The quantitative estimate of drug-likeness (QED) is 0.260. The molecule has 3 aromatic rings. The third kappa shape index (κ3) is 5.76. The molecule has 0 radical (unpaired) electrons. The predicted molar refractivity (Wildman–Crippen MR) is 152 cm³/mol. The molecule has 0 aromatic heterocycles. The first-order chi connectivity index (χ1) is 17.3. The van der Waals surface area contributed by atoms with Crippen molar-refractivity contribution in [1.29, 1.82) is 0 Å². The van der Waals surface area contributed by atoms with Gasteiger partial charge in [0.1, 0.15) is 17.1 Å². The average Bonchev–Trinajstić information content (AvgIpc) is 2.83. The predicted octanol–water partition coefficient (Wildman–Crippen LogP) is 8.83. The fourth-order valence-corrected chi connectivity index (χ4v) is 5.56. The Hall–Kier alpha value is -3.07. The topological polar surface area (TPSA) is 35.5 Å². The number of benzene rings is 3. The van der Waals surface area contributed by atoms with Crippen LogP contribution in [0.15, 0.2) is 66.7 Å². The zero-order valence-corrected chi connectivity index (χ0v) is 23.8. The van der Waals surface area contributed by atoms with Crippen molar-refractivity contribution in [2.24, 2.45) is 11.3 Å². The lowest BCUT2D eigenvalue weighted by molar-refractivity contribution is 0.0733. The van der Waals surface area contributed by atoms with Gasteiger partial charge in [0.2, 0.25) is 0 Å². The van der Waals surface area contributed by atoms with Crippen molar-refractivity contribution < 1.29 is 14.3 Å². The van der Waals surface area contributed by atoms with E-state index in [0.29, 0.717) is 22.6 Å². The fraction of sp³-hybridized carbons (Fsp3) is 0.441. The summed E-state index contributed by atoms with van der Waals surface area (Å²) in [5.41, 5.74) is 5.27. The lowest BCUT2D eigenvalue weighted by Crippen LogP contribution is -2.41. The van der Waals surface area contributed by atoms with Crippen molar-refractivity contribution in [3.63, 3.8) is 0 Å². The van der Waals surface area contributed by atoms with Crippen molar-refractivity contribution in [1.82, 2.24) is 0 Å². The molecule has 1 aliphatic rings. The van der Waals surface area contributed by atoms with E-state index in [1.165, 1.54) is 11.1 Å². The van der Waals surface area contributed by atoms with E-state index in [1.807, 2.05) is 31.2 Å². The Bertz CT molecular complexity index is 1270. The van der Waals surface area contributed by atoms with Crippen LogP contribution in [0, 0.1) is 25.2 Å². The Morgan fingerprint density at radius 3 is 1.92 bits per heavy atom. The van der Waals surface area contributed by atoms with Crippen molar-refractivity contribution in [2.45, 2.75) is 85.7 Å². The molecule has 1 fully saturated rings. The van der Waals surface area contributed by atoms with E-state index in [-0.39, 0.29) is 17.0 Å². The molecule has 0 bridgehead atoms. The Balaban J connectivity index is 1.72. The maximum absolute atomic E-state index is 12.7. The van der Waals surface area contributed by atoms with Gasteiger partial charge in [-0.05, 0) is 112 Å². The number of rotatable bonds is 5. The van der Waals surface area contributed by atoms with E-state index in [1.54, 1.807) is 12.1 Å². The number of carbonyl (C=O) groups excluding carboxylic acids is 1. The Morgan fingerprint density at radius 2 is 1.41 bits per heavy atom. The molecular formula is C34H42O3. The number of hydrogen-bond donors (Lipinski definition) is 0. The highest BCUT2D eigenvalue weighted by Gasteiger charge is 2.45. The maximum atomic E-state index is 12.7. The van der Waals surface area contributed by atoms with Gasteiger partial charge in [-0.2, -0.15) is 0 Å². The van der Waals surface area contributed by atoms with Crippen LogP contribution < -0.4 is 9.47 Å². The second kappa shape index (κ2) is 10.0. The summed E-state index contributed by atoms with van der Waals surface area (Å²) in [5.74, 6) is 1.78. The summed E-state index contributed by atoms with van der Waals surface area (Å²) in [4.78, 5) is 12.7. The fourth-order valence-electron chi connectivity index (χ4n) is 5.56. The van der Waals surface area contributed by atoms with Crippen LogP contribution in [-0.4, -0.2) is 11.6 Å². The second-order valence-electron chi connectivity index (χ2n) is 12.6. The summed E-state index contributed by atoms with van der Waals surface area (Å²) >= 11 is 0. The van der Waals surface area contributed by atoms with Gasteiger partial charge in [0, 0.05) is 5.41 Å². The van der Waals surface area contributed by atoms with Crippen molar-refractivity contribution in [2.75, 3.05) is 0 Å². The smallest absolute Gasteiger partial charge is 0.343 e. The number of carbonyl (C=O) groups is 1. The molecule has 0 N–H and O–H groups in total. The molecule has 0 saturated heterocycles. The lowest BCUT2D eigenvalue weighted by Gasteiger charge is -2.49. The van der Waals surface area contributed by atoms with Crippen molar-refractivity contribution in [3.8, 4) is 11.5 Å². The molecule has 196 valence electrons. The van der Waals surface area contributed by atoms with Gasteiger partial charge in [-0.3, -0.25) is 0 Å². The van der Waals surface area contributed by atoms with Crippen LogP contribution in [0.3, 0.4) is 0 Å². The summed E-state index contributed by atoms with van der Waals surface area (Å²) in [6, 6.07) is 22.3. The number of hydrogen-bond acceptors (Lipinski definition) is 3. The van der Waals surface area contributed by atoms with Gasteiger partial charge >= 0.3 is 5.97 Å². The Kier molecular flexibility index (Phi) is 7.29. The first-order valence-electron chi connectivity index (χ1n) is 13.5. The molecule has 0 amide bonds. The van der Waals surface area contributed by atoms with E-state index in [0.717, 1.165) is 36.1 Å². The number of esters is 1. The van der Waals surface area contributed by atoms with Gasteiger partial charge in [-0.1, -0.05) is 63.2 Å². The zero-order chi connectivity index (χ0) is 27.0. The van der Waals surface area contributed by atoms with Crippen molar-refractivity contribution >= 4 is 5.97 Å². The molecule has 4 rings (SSSR count). The first kappa shape index (κ1) is 27.0. The monoisotopic (exact) mass is 498 g/mol. The lowest BCUT2D eigenvalue weighted by atomic mass is 9.55. The molecule has 3 aromatic carbocycles. The molecule has 0 heterocycles. The highest BCUT2D eigenvalue weighted by atomic mass is 16.5. The minimum atomic E-state index is -0.329. The van der Waals surface area contributed by atoms with E-state index in [2.05, 4.69) is 78.8 Å². The molecule has 1 aliphatic carbocycles. The van der Waals surface area contributed by atoms with Gasteiger partial charge in [-0.25, -0.2) is 4.79 Å². The van der Waals surface area contributed by atoms with Crippen LogP contribution in [0.25, 0.3) is 0 Å². The number of ether oxygens (including phenoxy) is 2. The minimum absolute atomic E-state index is 0.104. The molecular weight excluding hydrogens is 456 g/mol. The van der Waals surface area contributed by atoms with Crippen LogP contribution in [0.4, 0.5) is 0 Å². The normalized spacial score (nSPS) is 21.4. The standard InChI is InChI=1S/C34H42O3/c1-23-20-27(14-16-29(23)36-31(35)26-12-10-9-11-13-26)34(19-18-33(7,8)25(3)22-34)28-15-17-30(24(2)21-28)37-32(4,5)6/h9-17,20-21,25H,18-19,22H2,1-8H3. The van der Waals surface area contributed by atoms with Crippen LogP contribution in [0.1, 0.15) is 93.4 Å². The van der Waals surface area contributed by atoms with E-state index in [4.69, 9.17) is 9.47 Å². The summed E-state index contributed by atoms with van der Waals surface area (Å²) in [5, 5.41) is 0. The van der Waals surface area contributed by atoms with Gasteiger partial charge in [-0.15, -0.1) is 0 Å². The molecule has 3 nitrogen and oxygen atoms in total. The molecule has 2 unspecified atom stereocenters. The van der Waals surface area contributed by atoms with Crippen LogP contribution >= 0.6 is 0 Å². The SMILES string of the molecule is Cc1cc(C2(c3ccc(OC(C)(C)C)c(C)c3)CCC(C)(C)C(C)C2)ccc1OC(=O)c1ccccc1. The largest absolute Gasteiger partial charge is 0.488 e. The maximum Gasteiger partial charge on any atom is 0.343 e. The van der Waals surface area contributed by atoms with Crippen LogP contribution in [0.2, 0.25) is 0 Å². The van der Waals surface area contributed by atoms with E-state index >= 15 is 0 Å². The molecule has 1 saturated carbocycles. The second-order valence-corrected chi connectivity index (χ2v) is 12.6. The molecule has 37 heavy (non-hydrogen) atoms. The first-order valence-corrected chi connectivity index (χ1v) is 13.5. The molecule has 0 spiro atoms. The highest BCUT2D eigenvalue weighted by molar-refractivity contribution is 5.91. The summed E-state index contributed by atoms with van der Waals surface area (Å²) in [7, 11) is 0. The van der Waals surface area contributed by atoms with Gasteiger partial charge in [0.15, 0.2) is 0 Å². The summed E-state index contributed by atoms with van der Waals surface area (Å²) < 4.78 is 12.0. The van der Waals surface area contributed by atoms with Crippen LogP contribution in [0.5, 0.6) is 11.5 Å². The molecule has 2 atom stereocenters.